The van der Waals surface area contributed by atoms with Crippen LogP contribution < -0.4 is 10.3 Å². The van der Waals surface area contributed by atoms with Gasteiger partial charge in [0.15, 0.2) is 12.4 Å². The third kappa shape index (κ3) is 4.33. The number of nitrogens with zero attached hydrogens (tertiary/aromatic N) is 5. The molecular weight excluding hydrogens is 530 g/mol. The van der Waals surface area contributed by atoms with Gasteiger partial charge in [-0.25, -0.2) is 4.98 Å². The van der Waals surface area contributed by atoms with E-state index < -0.39 is 10.5 Å². The van der Waals surface area contributed by atoms with Crippen molar-refractivity contribution in [3.05, 3.63) is 97.2 Å². The van der Waals surface area contributed by atoms with Gasteiger partial charge in [0.05, 0.1) is 22.0 Å². The summed E-state index contributed by atoms with van der Waals surface area (Å²) in [6.45, 7) is -0.268. The SMILES string of the molecule is N#CCOc1ccc([N+](=O)[O-])cc1C=Nn1c(-c2cc3cc(Br)ccc3o2)nc2ccccc2c1=O. The minimum absolute atomic E-state index is 0.146. The fraction of sp³-hybridized carbons (Fsp3) is 0.0400. The number of rotatable bonds is 6. The summed E-state index contributed by atoms with van der Waals surface area (Å²) >= 11 is 3.43. The Hall–Kier alpha value is -4.82. The number of aromatic nitrogens is 2. The molecule has 0 saturated heterocycles. The number of hydrogen-bond donors (Lipinski definition) is 0. The summed E-state index contributed by atoms with van der Waals surface area (Å²) in [6, 6.07) is 19.8. The number of ether oxygens (including phenoxy) is 1. The van der Waals surface area contributed by atoms with E-state index >= 15 is 0 Å². The fourth-order valence-corrected chi connectivity index (χ4v) is 4.01. The zero-order valence-corrected chi connectivity index (χ0v) is 19.9. The lowest BCUT2D eigenvalue weighted by atomic mass is 10.2. The molecule has 0 spiro atoms. The van der Waals surface area contributed by atoms with Crippen molar-refractivity contribution in [1.29, 1.82) is 5.26 Å². The molecule has 5 aromatic rings. The molecule has 0 aliphatic rings. The molecule has 10 nitrogen and oxygen atoms in total. The molecule has 2 heterocycles. The summed E-state index contributed by atoms with van der Waals surface area (Å²) in [6.07, 6.45) is 1.25. The lowest BCUT2D eigenvalue weighted by Crippen LogP contribution is -2.20. The Morgan fingerprint density at radius 1 is 1.19 bits per heavy atom. The van der Waals surface area contributed by atoms with E-state index in [0.717, 1.165) is 14.5 Å². The molecule has 0 bridgehead atoms. The van der Waals surface area contributed by atoms with Gasteiger partial charge in [-0.15, -0.1) is 0 Å². The molecule has 0 unspecified atom stereocenters. The Morgan fingerprint density at radius 3 is 2.83 bits per heavy atom. The van der Waals surface area contributed by atoms with E-state index in [-0.39, 0.29) is 29.4 Å². The Bertz CT molecular complexity index is 1780. The summed E-state index contributed by atoms with van der Waals surface area (Å²) in [5.74, 6) is 0.651. The van der Waals surface area contributed by atoms with Crippen molar-refractivity contribution in [1.82, 2.24) is 9.66 Å². The molecule has 0 saturated carbocycles. The number of non-ortho nitro benzene ring substituents is 1. The first-order chi connectivity index (χ1) is 17.4. The van der Waals surface area contributed by atoms with Gasteiger partial charge >= 0.3 is 0 Å². The number of hydrogen-bond acceptors (Lipinski definition) is 8. The molecule has 0 N–H and O–H groups in total. The number of nitro groups is 1. The summed E-state index contributed by atoms with van der Waals surface area (Å²) in [7, 11) is 0. The van der Waals surface area contributed by atoms with Gasteiger partial charge in [-0.3, -0.25) is 14.9 Å². The van der Waals surface area contributed by atoms with E-state index in [1.165, 1.54) is 24.4 Å². The van der Waals surface area contributed by atoms with Crippen molar-refractivity contribution in [3.8, 4) is 23.4 Å². The summed E-state index contributed by atoms with van der Waals surface area (Å²) in [4.78, 5) is 28.8. The third-order valence-corrected chi connectivity index (χ3v) is 5.75. The Morgan fingerprint density at radius 2 is 2.03 bits per heavy atom. The van der Waals surface area contributed by atoms with Crippen molar-refractivity contribution >= 4 is 49.7 Å². The highest BCUT2D eigenvalue weighted by Gasteiger charge is 2.17. The Balaban J connectivity index is 1.71. The molecule has 36 heavy (non-hydrogen) atoms. The average molecular weight is 544 g/mol. The molecule has 0 aliphatic heterocycles. The molecule has 2 aromatic heterocycles. The van der Waals surface area contributed by atoms with Crippen molar-refractivity contribution < 1.29 is 14.1 Å². The zero-order valence-electron chi connectivity index (χ0n) is 18.3. The normalized spacial score (nSPS) is 11.2. The topological polar surface area (TPSA) is 137 Å². The van der Waals surface area contributed by atoms with Crippen LogP contribution in [-0.2, 0) is 0 Å². The molecule has 0 aliphatic carbocycles. The Kier molecular flexibility index (Phi) is 6.02. The predicted octanol–water partition coefficient (Wildman–Crippen LogP) is 5.26. The first-order valence-electron chi connectivity index (χ1n) is 10.5. The van der Waals surface area contributed by atoms with Crippen molar-refractivity contribution in [2.75, 3.05) is 6.61 Å². The molecule has 176 valence electrons. The largest absolute Gasteiger partial charge is 0.478 e. The molecule has 0 amide bonds. The lowest BCUT2D eigenvalue weighted by Gasteiger charge is -2.08. The van der Waals surface area contributed by atoms with E-state index in [1.807, 2.05) is 18.2 Å². The molecule has 0 atom stereocenters. The second kappa shape index (κ2) is 9.44. The van der Waals surface area contributed by atoms with E-state index in [9.17, 15) is 14.9 Å². The lowest BCUT2D eigenvalue weighted by molar-refractivity contribution is -0.384. The van der Waals surface area contributed by atoms with Crippen LogP contribution >= 0.6 is 15.9 Å². The number of fused-ring (bicyclic) bond motifs is 2. The van der Waals surface area contributed by atoms with Gasteiger partial charge in [0.25, 0.3) is 11.2 Å². The van der Waals surface area contributed by atoms with Crippen LogP contribution in [0.15, 0.2) is 85.5 Å². The first-order valence-corrected chi connectivity index (χ1v) is 11.3. The maximum Gasteiger partial charge on any atom is 0.282 e. The van der Waals surface area contributed by atoms with Crippen LogP contribution in [0.1, 0.15) is 5.56 Å². The quantitative estimate of drug-likeness (QED) is 0.161. The summed E-state index contributed by atoms with van der Waals surface area (Å²) in [5, 5.41) is 25.6. The van der Waals surface area contributed by atoms with E-state index in [4.69, 9.17) is 14.4 Å². The molecule has 0 radical (unpaired) electrons. The van der Waals surface area contributed by atoms with Gasteiger partial charge in [0, 0.05) is 27.6 Å². The molecule has 5 rings (SSSR count). The van der Waals surface area contributed by atoms with Gasteiger partial charge < -0.3 is 9.15 Å². The monoisotopic (exact) mass is 543 g/mol. The number of nitro benzene ring substituents is 1. The first kappa shape index (κ1) is 22.9. The molecule has 0 fully saturated rings. The minimum Gasteiger partial charge on any atom is -0.478 e. The highest BCUT2D eigenvalue weighted by Crippen LogP contribution is 2.29. The highest BCUT2D eigenvalue weighted by atomic mass is 79.9. The second-order valence-corrected chi connectivity index (χ2v) is 8.45. The minimum atomic E-state index is -0.562. The maximum absolute atomic E-state index is 13.4. The number of para-hydroxylation sites is 1. The zero-order chi connectivity index (χ0) is 25.2. The fourth-order valence-electron chi connectivity index (χ4n) is 3.63. The van der Waals surface area contributed by atoms with E-state index in [1.54, 1.807) is 36.4 Å². The standard InChI is InChI=1S/C25H14BrN5O5/c26-17-5-7-22-15(11-17)13-23(36-22)24-29-20-4-2-1-3-19(20)25(32)30(24)28-14-16-12-18(31(33)34)6-8-21(16)35-10-9-27/h1-8,11-14H,10H2. The van der Waals surface area contributed by atoms with Crippen molar-refractivity contribution in [2.24, 2.45) is 5.10 Å². The van der Waals surface area contributed by atoms with Crippen molar-refractivity contribution in [3.63, 3.8) is 0 Å². The maximum atomic E-state index is 13.4. The summed E-state index contributed by atoms with van der Waals surface area (Å²) < 4.78 is 13.3. The van der Waals surface area contributed by atoms with Crippen LogP contribution in [-0.4, -0.2) is 27.4 Å². The van der Waals surface area contributed by atoms with Crippen LogP contribution in [0, 0.1) is 21.4 Å². The number of benzene rings is 3. The second-order valence-electron chi connectivity index (χ2n) is 7.53. The van der Waals surface area contributed by atoms with E-state index in [2.05, 4.69) is 26.0 Å². The number of furan rings is 1. The van der Waals surface area contributed by atoms with Crippen LogP contribution in [0.5, 0.6) is 5.75 Å². The third-order valence-electron chi connectivity index (χ3n) is 5.26. The van der Waals surface area contributed by atoms with Gasteiger partial charge in [-0.2, -0.15) is 15.0 Å². The number of nitriles is 1. The molecular formula is C25H14BrN5O5. The van der Waals surface area contributed by atoms with E-state index in [0.29, 0.717) is 22.2 Å². The Labute approximate surface area is 211 Å². The van der Waals surface area contributed by atoms with Crippen LogP contribution in [0.3, 0.4) is 0 Å². The summed E-state index contributed by atoms with van der Waals surface area (Å²) in [5.41, 5.74) is 0.598. The number of halogens is 1. The van der Waals surface area contributed by atoms with Crippen LogP contribution in [0.25, 0.3) is 33.5 Å². The molecule has 3 aromatic carbocycles. The van der Waals surface area contributed by atoms with Gasteiger partial charge in [0.2, 0.25) is 5.82 Å². The van der Waals surface area contributed by atoms with Crippen LogP contribution in [0.2, 0.25) is 0 Å². The smallest absolute Gasteiger partial charge is 0.282 e. The van der Waals surface area contributed by atoms with Gasteiger partial charge in [-0.05, 0) is 42.5 Å². The van der Waals surface area contributed by atoms with Gasteiger partial charge in [-0.1, -0.05) is 28.1 Å². The highest BCUT2D eigenvalue weighted by molar-refractivity contribution is 9.10. The van der Waals surface area contributed by atoms with Crippen LogP contribution in [0.4, 0.5) is 5.69 Å². The van der Waals surface area contributed by atoms with Crippen molar-refractivity contribution in [2.45, 2.75) is 0 Å². The van der Waals surface area contributed by atoms with Gasteiger partial charge in [0.1, 0.15) is 17.4 Å². The predicted molar refractivity (Wildman–Crippen MR) is 136 cm³/mol. The molecule has 11 heteroatoms. The average Bonchev–Trinajstić information content (AvgIpc) is 3.30.